The third kappa shape index (κ3) is 4.61. The quantitative estimate of drug-likeness (QED) is 0.317. The molecule has 0 unspecified atom stereocenters. The number of carbonyl (C=O) groups is 2. The van der Waals surface area contributed by atoms with E-state index in [1.165, 1.54) is 11.3 Å². The van der Waals surface area contributed by atoms with Crippen molar-refractivity contribution in [2.45, 2.75) is 13.0 Å². The summed E-state index contributed by atoms with van der Waals surface area (Å²) in [6.07, 6.45) is -1.17. The Morgan fingerprint density at radius 1 is 0.969 bits per heavy atom. The van der Waals surface area contributed by atoms with Crippen LogP contribution in [-0.2, 0) is 9.53 Å². The first-order valence-corrected chi connectivity index (χ1v) is 11.2. The van der Waals surface area contributed by atoms with Crippen LogP contribution in [0.25, 0.3) is 10.1 Å². The lowest BCUT2D eigenvalue weighted by molar-refractivity contribution is -0.125. The number of fused-ring (bicyclic) bond motifs is 1. The van der Waals surface area contributed by atoms with Gasteiger partial charge in [-0.1, -0.05) is 72.3 Å². The molecule has 0 radical (unpaired) electrons. The summed E-state index contributed by atoms with van der Waals surface area (Å²) in [6, 6.07) is 23.4. The molecule has 5 nitrogen and oxygen atoms in total. The van der Waals surface area contributed by atoms with Crippen molar-refractivity contribution in [2.24, 2.45) is 0 Å². The predicted molar refractivity (Wildman–Crippen MR) is 128 cm³/mol. The lowest BCUT2D eigenvalue weighted by atomic mass is 10.1. The van der Waals surface area contributed by atoms with Gasteiger partial charge in [0.15, 0.2) is 0 Å². The van der Waals surface area contributed by atoms with E-state index < -0.39 is 18.0 Å². The molecule has 0 aliphatic heterocycles. The van der Waals surface area contributed by atoms with Crippen LogP contribution in [0.4, 0.5) is 5.69 Å². The van der Waals surface area contributed by atoms with E-state index in [0.29, 0.717) is 28.6 Å². The number of ether oxygens (including phenoxy) is 2. The molecule has 0 fully saturated rings. The van der Waals surface area contributed by atoms with E-state index in [1.807, 2.05) is 43.3 Å². The van der Waals surface area contributed by atoms with Crippen molar-refractivity contribution in [1.29, 1.82) is 0 Å². The Morgan fingerprint density at radius 3 is 2.41 bits per heavy atom. The number of amides is 1. The smallest absolute Gasteiger partial charge is 0.351 e. The predicted octanol–water partition coefficient (Wildman–Crippen LogP) is 6.49. The Balaban J connectivity index is 1.63. The molecule has 7 heteroatoms. The number of anilines is 1. The van der Waals surface area contributed by atoms with Gasteiger partial charge in [0.25, 0.3) is 5.91 Å². The van der Waals surface area contributed by atoms with Crippen LogP contribution >= 0.6 is 22.9 Å². The molecule has 0 spiro atoms. The van der Waals surface area contributed by atoms with Gasteiger partial charge >= 0.3 is 5.97 Å². The van der Waals surface area contributed by atoms with Crippen LogP contribution in [0.1, 0.15) is 28.3 Å². The van der Waals surface area contributed by atoms with E-state index in [2.05, 4.69) is 5.32 Å². The molecular formula is C25H20ClNO4S. The third-order valence-corrected chi connectivity index (χ3v) is 6.39. The second-order valence-electron chi connectivity index (χ2n) is 6.86. The molecule has 4 rings (SSSR count). The van der Waals surface area contributed by atoms with Crippen molar-refractivity contribution in [3.05, 3.63) is 94.3 Å². The number of thiophene rings is 1. The van der Waals surface area contributed by atoms with Gasteiger partial charge in [0.05, 0.1) is 17.3 Å². The van der Waals surface area contributed by atoms with Crippen molar-refractivity contribution >= 4 is 50.6 Å². The van der Waals surface area contributed by atoms with Gasteiger partial charge in [0.1, 0.15) is 10.6 Å². The molecule has 0 saturated heterocycles. The van der Waals surface area contributed by atoms with Crippen LogP contribution < -0.4 is 10.1 Å². The maximum absolute atomic E-state index is 13.2. The van der Waals surface area contributed by atoms with Crippen LogP contribution in [0.3, 0.4) is 0 Å². The first-order chi connectivity index (χ1) is 15.6. The first-order valence-electron chi connectivity index (χ1n) is 10.0. The summed E-state index contributed by atoms with van der Waals surface area (Å²) in [5.41, 5.74) is 1.04. The number of carbonyl (C=O) groups excluding carboxylic acids is 2. The highest BCUT2D eigenvalue weighted by Gasteiger charge is 2.28. The fourth-order valence-electron chi connectivity index (χ4n) is 3.26. The fourth-order valence-corrected chi connectivity index (χ4v) is 4.65. The SMILES string of the molecule is CCOc1ccccc1NC(=O)[C@H](OC(=O)c1sc2ccccc2c1Cl)c1ccccc1. The molecule has 0 saturated carbocycles. The maximum atomic E-state index is 13.2. The highest BCUT2D eigenvalue weighted by atomic mass is 35.5. The molecule has 1 amide bonds. The fraction of sp³-hybridized carbons (Fsp3) is 0.120. The van der Waals surface area contributed by atoms with E-state index in [-0.39, 0.29) is 4.88 Å². The molecule has 0 aliphatic rings. The molecule has 1 N–H and O–H groups in total. The third-order valence-electron chi connectivity index (χ3n) is 4.73. The van der Waals surface area contributed by atoms with Crippen LogP contribution in [0.15, 0.2) is 78.9 Å². The monoisotopic (exact) mass is 465 g/mol. The van der Waals surface area contributed by atoms with Gasteiger partial charge in [0.2, 0.25) is 6.10 Å². The maximum Gasteiger partial charge on any atom is 0.351 e. The summed E-state index contributed by atoms with van der Waals surface area (Å²) in [5.74, 6) is -0.610. The molecule has 0 bridgehead atoms. The number of esters is 1. The van der Waals surface area contributed by atoms with Gasteiger partial charge in [0, 0.05) is 15.6 Å². The Kier molecular flexibility index (Phi) is 6.73. The van der Waals surface area contributed by atoms with Gasteiger partial charge in [-0.05, 0) is 25.1 Å². The summed E-state index contributed by atoms with van der Waals surface area (Å²) < 4.78 is 12.2. The molecule has 0 aliphatic carbocycles. The number of benzene rings is 3. The van der Waals surface area contributed by atoms with Crippen molar-refractivity contribution in [1.82, 2.24) is 0 Å². The minimum Gasteiger partial charge on any atom is -0.492 e. The van der Waals surface area contributed by atoms with Crippen LogP contribution in [0, 0.1) is 0 Å². The Labute approximate surface area is 194 Å². The van der Waals surface area contributed by atoms with E-state index in [0.717, 1.165) is 10.1 Å². The number of nitrogens with one attached hydrogen (secondary N) is 1. The average Bonchev–Trinajstić information content (AvgIpc) is 3.16. The topological polar surface area (TPSA) is 64.6 Å². The van der Waals surface area contributed by atoms with E-state index >= 15 is 0 Å². The minimum absolute atomic E-state index is 0.260. The summed E-state index contributed by atoms with van der Waals surface area (Å²) in [4.78, 5) is 26.5. The molecular weight excluding hydrogens is 446 g/mol. The lowest BCUT2D eigenvalue weighted by Crippen LogP contribution is -2.26. The molecule has 1 heterocycles. The number of hydrogen-bond donors (Lipinski definition) is 1. The standard InChI is InChI=1S/C25H20ClNO4S/c1-2-30-19-14-8-7-13-18(19)27-24(28)22(16-10-4-3-5-11-16)31-25(29)23-21(26)17-12-6-9-15-20(17)32-23/h3-15,22H,2H2,1H3,(H,27,28)/t22-/m1/s1. The van der Waals surface area contributed by atoms with Gasteiger partial charge in [-0.2, -0.15) is 0 Å². The van der Waals surface area contributed by atoms with Crippen molar-refractivity contribution in [3.8, 4) is 5.75 Å². The first kappa shape index (κ1) is 21.9. The highest BCUT2D eigenvalue weighted by molar-refractivity contribution is 7.21. The Bertz CT molecular complexity index is 1260. The van der Waals surface area contributed by atoms with E-state index in [9.17, 15) is 9.59 Å². The summed E-state index contributed by atoms with van der Waals surface area (Å²) in [5, 5.41) is 3.92. The lowest BCUT2D eigenvalue weighted by Gasteiger charge is -2.19. The van der Waals surface area contributed by atoms with E-state index in [1.54, 1.807) is 42.5 Å². The van der Waals surface area contributed by atoms with Gasteiger partial charge < -0.3 is 14.8 Å². The van der Waals surface area contributed by atoms with Gasteiger partial charge in [-0.3, -0.25) is 4.79 Å². The van der Waals surface area contributed by atoms with Crippen LogP contribution in [0.5, 0.6) is 5.75 Å². The average molecular weight is 466 g/mol. The molecule has 32 heavy (non-hydrogen) atoms. The molecule has 4 aromatic rings. The van der Waals surface area contributed by atoms with E-state index in [4.69, 9.17) is 21.1 Å². The second-order valence-corrected chi connectivity index (χ2v) is 8.29. The summed E-state index contributed by atoms with van der Waals surface area (Å²) >= 11 is 7.67. The van der Waals surface area contributed by atoms with Gasteiger partial charge in [-0.15, -0.1) is 11.3 Å². The van der Waals surface area contributed by atoms with Crippen molar-refractivity contribution in [2.75, 3.05) is 11.9 Å². The van der Waals surface area contributed by atoms with Crippen molar-refractivity contribution in [3.63, 3.8) is 0 Å². The largest absolute Gasteiger partial charge is 0.492 e. The Morgan fingerprint density at radius 2 is 1.66 bits per heavy atom. The zero-order valence-electron chi connectivity index (χ0n) is 17.2. The number of halogens is 1. The number of para-hydroxylation sites is 2. The Hall–Kier alpha value is -3.35. The second kappa shape index (κ2) is 9.85. The van der Waals surface area contributed by atoms with Crippen LogP contribution in [-0.4, -0.2) is 18.5 Å². The summed E-state index contributed by atoms with van der Waals surface area (Å²) in [6.45, 7) is 2.32. The minimum atomic E-state index is -1.17. The van der Waals surface area contributed by atoms with Gasteiger partial charge in [-0.25, -0.2) is 4.79 Å². The zero-order chi connectivity index (χ0) is 22.5. The van der Waals surface area contributed by atoms with Crippen molar-refractivity contribution < 1.29 is 19.1 Å². The normalized spacial score (nSPS) is 11.7. The summed E-state index contributed by atoms with van der Waals surface area (Å²) in [7, 11) is 0. The number of rotatable bonds is 7. The molecule has 162 valence electrons. The zero-order valence-corrected chi connectivity index (χ0v) is 18.8. The molecule has 3 aromatic carbocycles. The highest BCUT2D eigenvalue weighted by Crippen LogP contribution is 2.36. The number of hydrogen-bond acceptors (Lipinski definition) is 5. The molecule has 1 aromatic heterocycles. The molecule has 1 atom stereocenters. The van der Waals surface area contributed by atoms with Crippen LogP contribution in [0.2, 0.25) is 5.02 Å².